The highest BCUT2D eigenvalue weighted by Gasteiger charge is 2.38. The Morgan fingerprint density at radius 2 is 1.92 bits per heavy atom. The van der Waals surface area contributed by atoms with Gasteiger partial charge in [-0.25, -0.2) is 5.84 Å². The van der Waals surface area contributed by atoms with Crippen molar-refractivity contribution in [2.24, 2.45) is 10.8 Å². The number of amidine groups is 1. The van der Waals surface area contributed by atoms with E-state index in [0.717, 1.165) is 0 Å². The van der Waals surface area contributed by atoms with Crippen LogP contribution in [0.1, 0.15) is 0 Å². The van der Waals surface area contributed by atoms with Crippen molar-refractivity contribution in [3.8, 4) is 0 Å². The van der Waals surface area contributed by atoms with Crippen molar-refractivity contribution < 1.29 is 20.4 Å². The van der Waals surface area contributed by atoms with E-state index in [1.54, 1.807) is 0 Å². The van der Waals surface area contributed by atoms with Gasteiger partial charge in [0.05, 0.1) is 6.61 Å². The predicted octanol–water partition coefficient (Wildman–Crippen LogP) is -3.69. The number of aliphatic imine (C=N–C) groups is 1. The van der Waals surface area contributed by atoms with Gasteiger partial charge in [-0.05, 0) is 0 Å². The molecule has 1 aliphatic rings. The molecular formula is C6H13N3O4. The van der Waals surface area contributed by atoms with Gasteiger partial charge in [0.25, 0.3) is 0 Å². The Balaban J connectivity index is 2.86. The molecule has 13 heavy (non-hydrogen) atoms. The molecule has 0 aromatic carbocycles. The molecule has 0 amide bonds. The lowest BCUT2D eigenvalue weighted by atomic mass is 9.97. The maximum Gasteiger partial charge on any atom is 0.143 e. The van der Waals surface area contributed by atoms with E-state index in [0.29, 0.717) is 0 Å². The van der Waals surface area contributed by atoms with Gasteiger partial charge in [-0.1, -0.05) is 0 Å². The number of rotatable bonds is 1. The van der Waals surface area contributed by atoms with Gasteiger partial charge in [0.15, 0.2) is 0 Å². The second-order valence-electron chi connectivity index (χ2n) is 2.83. The number of hydrogen-bond acceptors (Lipinski definition) is 7. The molecule has 1 heterocycles. The zero-order valence-electron chi connectivity index (χ0n) is 6.83. The molecule has 0 unspecified atom stereocenters. The fourth-order valence-corrected chi connectivity index (χ4v) is 1.18. The minimum absolute atomic E-state index is 0.0446. The van der Waals surface area contributed by atoms with E-state index in [2.05, 4.69) is 10.4 Å². The first-order valence-electron chi connectivity index (χ1n) is 3.81. The van der Waals surface area contributed by atoms with Crippen LogP contribution in [0.25, 0.3) is 0 Å². The first-order valence-corrected chi connectivity index (χ1v) is 3.81. The van der Waals surface area contributed by atoms with Crippen molar-refractivity contribution in [2.45, 2.75) is 24.4 Å². The lowest BCUT2D eigenvalue weighted by Crippen LogP contribution is -2.57. The highest BCUT2D eigenvalue weighted by atomic mass is 16.4. The summed E-state index contributed by atoms with van der Waals surface area (Å²) in [4.78, 5) is 3.70. The van der Waals surface area contributed by atoms with Crippen molar-refractivity contribution in [2.75, 3.05) is 6.61 Å². The molecule has 0 radical (unpaired) electrons. The van der Waals surface area contributed by atoms with Crippen LogP contribution in [-0.4, -0.2) is 57.2 Å². The predicted molar refractivity (Wildman–Crippen MR) is 43.7 cm³/mol. The maximum atomic E-state index is 9.28. The van der Waals surface area contributed by atoms with E-state index in [4.69, 9.17) is 10.9 Å². The van der Waals surface area contributed by atoms with Crippen molar-refractivity contribution in [1.29, 1.82) is 0 Å². The largest absolute Gasteiger partial charge is 0.394 e. The van der Waals surface area contributed by atoms with Gasteiger partial charge >= 0.3 is 0 Å². The van der Waals surface area contributed by atoms with E-state index in [1.165, 1.54) is 0 Å². The fraction of sp³-hybridized carbons (Fsp3) is 0.833. The summed E-state index contributed by atoms with van der Waals surface area (Å²) in [6, 6.07) is -0.857. The number of hydrogen-bond donors (Lipinski definition) is 6. The van der Waals surface area contributed by atoms with Crippen LogP contribution in [0.5, 0.6) is 0 Å². The number of aliphatic hydroxyl groups is 4. The fourth-order valence-electron chi connectivity index (χ4n) is 1.18. The Kier molecular flexibility index (Phi) is 3.17. The van der Waals surface area contributed by atoms with Gasteiger partial charge in [0, 0.05) is 0 Å². The molecule has 1 aliphatic heterocycles. The number of nitrogens with one attached hydrogen (secondary N) is 1. The summed E-state index contributed by atoms with van der Waals surface area (Å²) in [6.07, 6.45) is -4.01. The Labute approximate surface area is 74.5 Å². The standard InChI is InChI=1S/C6H13N3O4/c7-9-6-5(13)4(12)3(11)2(1-10)8-6/h2-5,10-13H,1,7H2,(H,8,9)/t2-,3+,4+,5-/m1/s1. The average molecular weight is 191 g/mol. The molecule has 0 aromatic rings. The van der Waals surface area contributed by atoms with Crippen LogP contribution < -0.4 is 11.3 Å². The number of nitrogens with two attached hydrogens (primary N) is 1. The Bertz CT molecular complexity index is 210. The van der Waals surface area contributed by atoms with Crippen molar-refractivity contribution in [1.82, 2.24) is 5.43 Å². The third-order valence-electron chi connectivity index (χ3n) is 1.99. The molecule has 0 bridgehead atoms. The summed E-state index contributed by atoms with van der Waals surface area (Å²) in [5.41, 5.74) is 2.09. The van der Waals surface area contributed by atoms with Crippen molar-refractivity contribution in [3.05, 3.63) is 0 Å². The Morgan fingerprint density at radius 1 is 1.31 bits per heavy atom. The zero-order valence-corrected chi connectivity index (χ0v) is 6.83. The monoisotopic (exact) mass is 191 g/mol. The third kappa shape index (κ3) is 1.79. The molecule has 7 nitrogen and oxygen atoms in total. The van der Waals surface area contributed by atoms with Crippen molar-refractivity contribution >= 4 is 5.84 Å². The van der Waals surface area contributed by atoms with Crippen molar-refractivity contribution in [3.63, 3.8) is 0 Å². The first kappa shape index (κ1) is 10.4. The van der Waals surface area contributed by atoms with E-state index in [-0.39, 0.29) is 5.84 Å². The number of nitrogens with zero attached hydrogens (tertiary/aromatic N) is 1. The molecule has 0 fully saturated rings. The molecule has 7 N–H and O–H groups in total. The molecule has 0 aromatic heterocycles. The molecule has 0 spiro atoms. The lowest BCUT2D eigenvalue weighted by Gasteiger charge is -2.32. The average Bonchev–Trinajstić information content (AvgIpc) is 2.15. The third-order valence-corrected chi connectivity index (χ3v) is 1.99. The Morgan fingerprint density at radius 3 is 2.38 bits per heavy atom. The molecule has 76 valence electrons. The minimum atomic E-state index is -1.39. The molecule has 0 saturated heterocycles. The quantitative estimate of drug-likeness (QED) is 0.187. The molecule has 4 atom stereocenters. The molecular weight excluding hydrogens is 178 g/mol. The number of aliphatic hydroxyl groups excluding tert-OH is 4. The lowest BCUT2D eigenvalue weighted by molar-refractivity contribution is -0.0597. The van der Waals surface area contributed by atoms with Gasteiger partial charge in [-0.3, -0.25) is 4.99 Å². The summed E-state index contributed by atoms with van der Waals surface area (Å²) in [5.74, 6) is 4.96. The number of hydrazine groups is 1. The maximum absolute atomic E-state index is 9.28. The second kappa shape index (κ2) is 3.99. The molecule has 1 rings (SSSR count). The summed E-state index contributed by atoms with van der Waals surface area (Å²) in [6.45, 7) is -0.421. The van der Waals surface area contributed by atoms with E-state index in [1.807, 2.05) is 0 Å². The summed E-state index contributed by atoms with van der Waals surface area (Å²) in [7, 11) is 0. The normalized spacial score (nSPS) is 39.9. The first-order chi connectivity index (χ1) is 6.11. The SMILES string of the molecule is NNC1=N[C@H](CO)[C@H](O)[C@H](O)[C@H]1O. The molecule has 0 saturated carbocycles. The van der Waals surface area contributed by atoms with E-state index in [9.17, 15) is 15.3 Å². The topological polar surface area (TPSA) is 131 Å². The Hall–Kier alpha value is -0.730. The van der Waals surface area contributed by atoms with E-state index < -0.39 is 31.0 Å². The van der Waals surface area contributed by atoms with Crippen LogP contribution in [0.15, 0.2) is 4.99 Å². The summed E-state index contributed by atoms with van der Waals surface area (Å²) in [5, 5.41) is 36.5. The van der Waals surface area contributed by atoms with Crippen LogP contribution in [0.3, 0.4) is 0 Å². The van der Waals surface area contributed by atoms with Gasteiger partial charge in [0.1, 0.15) is 30.2 Å². The van der Waals surface area contributed by atoms with Gasteiger partial charge in [-0.2, -0.15) is 0 Å². The smallest absolute Gasteiger partial charge is 0.143 e. The van der Waals surface area contributed by atoms with Crippen LogP contribution in [0.4, 0.5) is 0 Å². The van der Waals surface area contributed by atoms with Gasteiger partial charge < -0.3 is 25.9 Å². The zero-order chi connectivity index (χ0) is 10.0. The summed E-state index contributed by atoms with van der Waals surface area (Å²) >= 11 is 0. The van der Waals surface area contributed by atoms with Gasteiger partial charge in [-0.15, -0.1) is 0 Å². The molecule has 0 aliphatic carbocycles. The second-order valence-corrected chi connectivity index (χ2v) is 2.83. The summed E-state index contributed by atoms with van der Waals surface area (Å²) < 4.78 is 0. The molecule has 7 heteroatoms. The van der Waals surface area contributed by atoms with E-state index >= 15 is 0 Å². The van der Waals surface area contributed by atoms with Crippen LogP contribution in [0, 0.1) is 0 Å². The van der Waals surface area contributed by atoms with Crippen LogP contribution in [0.2, 0.25) is 0 Å². The highest BCUT2D eigenvalue weighted by Crippen LogP contribution is 2.14. The van der Waals surface area contributed by atoms with Gasteiger partial charge in [0.2, 0.25) is 0 Å². The van der Waals surface area contributed by atoms with Crippen LogP contribution in [-0.2, 0) is 0 Å². The minimum Gasteiger partial charge on any atom is -0.394 e. The van der Waals surface area contributed by atoms with Crippen LogP contribution >= 0.6 is 0 Å². The highest BCUT2D eigenvalue weighted by molar-refractivity contribution is 5.87.